The fourth-order valence-electron chi connectivity index (χ4n) is 2.75. The Kier molecular flexibility index (Phi) is 6.01. The molecule has 1 aromatic heterocycles. The van der Waals surface area contributed by atoms with Crippen molar-refractivity contribution in [2.24, 2.45) is 5.92 Å². The quantitative estimate of drug-likeness (QED) is 0.677. The lowest BCUT2D eigenvalue weighted by Crippen LogP contribution is -2.41. The third kappa shape index (κ3) is 4.68. The van der Waals surface area contributed by atoms with Crippen LogP contribution in [0.3, 0.4) is 0 Å². The Labute approximate surface area is 168 Å². The molecule has 3 rings (SSSR count). The molecule has 0 bridgehead atoms. The standard InChI is InChI=1S/C22H30BNO4/c1-16(2)14-25-19-12-18(23-27-21(3,4)22(5,6)28-23)13-24-20(19)26-15-17-10-8-7-9-11-17/h7-13,16H,14-15H2,1-6H3. The smallest absolute Gasteiger partial charge is 0.488 e. The summed E-state index contributed by atoms with van der Waals surface area (Å²) in [7, 11) is -0.484. The Hall–Kier alpha value is -2.05. The molecule has 1 aromatic carbocycles. The van der Waals surface area contributed by atoms with Crippen LogP contribution in [-0.2, 0) is 15.9 Å². The summed E-state index contributed by atoms with van der Waals surface area (Å²) in [5.41, 5.74) is 1.09. The molecule has 1 aliphatic rings. The SMILES string of the molecule is CC(C)COc1cc(B2OC(C)(C)C(C)(C)O2)cnc1OCc1ccccc1. The van der Waals surface area contributed by atoms with E-state index in [1.54, 1.807) is 6.20 Å². The summed E-state index contributed by atoms with van der Waals surface area (Å²) in [5, 5.41) is 0. The molecule has 0 amide bonds. The second kappa shape index (κ2) is 8.14. The van der Waals surface area contributed by atoms with Crippen LogP contribution in [-0.4, -0.2) is 29.9 Å². The average Bonchev–Trinajstić information content (AvgIpc) is 2.87. The van der Waals surface area contributed by atoms with E-state index in [0.29, 0.717) is 30.8 Å². The summed E-state index contributed by atoms with van der Waals surface area (Å²) < 4.78 is 24.2. The fraction of sp³-hybridized carbons (Fsp3) is 0.500. The maximum atomic E-state index is 6.14. The van der Waals surface area contributed by atoms with E-state index in [9.17, 15) is 0 Å². The molecule has 0 radical (unpaired) electrons. The summed E-state index contributed by atoms with van der Waals surface area (Å²) in [5.74, 6) is 1.48. The summed E-state index contributed by atoms with van der Waals surface area (Å²) in [6, 6.07) is 11.9. The Morgan fingerprint density at radius 2 is 1.64 bits per heavy atom. The van der Waals surface area contributed by atoms with Crippen LogP contribution in [0.1, 0.15) is 47.1 Å². The molecule has 0 atom stereocenters. The largest absolute Gasteiger partial charge is 0.496 e. The summed E-state index contributed by atoms with van der Waals surface area (Å²) >= 11 is 0. The van der Waals surface area contributed by atoms with E-state index in [1.807, 2.05) is 64.1 Å². The number of hydrogen-bond acceptors (Lipinski definition) is 5. The normalized spacial score (nSPS) is 17.8. The molecule has 150 valence electrons. The number of aromatic nitrogens is 1. The maximum absolute atomic E-state index is 6.14. The molecule has 6 heteroatoms. The van der Waals surface area contributed by atoms with Gasteiger partial charge in [0.2, 0.25) is 0 Å². The lowest BCUT2D eigenvalue weighted by Gasteiger charge is -2.32. The molecule has 5 nitrogen and oxygen atoms in total. The molecule has 0 saturated carbocycles. The van der Waals surface area contributed by atoms with Gasteiger partial charge in [0.05, 0.1) is 17.8 Å². The highest BCUT2D eigenvalue weighted by molar-refractivity contribution is 6.62. The minimum absolute atomic E-state index is 0.391. The zero-order chi connectivity index (χ0) is 20.4. The Morgan fingerprint density at radius 1 is 1.00 bits per heavy atom. The van der Waals surface area contributed by atoms with Gasteiger partial charge in [0, 0.05) is 11.7 Å². The van der Waals surface area contributed by atoms with Gasteiger partial charge in [0.15, 0.2) is 5.75 Å². The molecule has 0 spiro atoms. The van der Waals surface area contributed by atoms with Crippen LogP contribution >= 0.6 is 0 Å². The number of pyridine rings is 1. The molecule has 2 aromatic rings. The van der Waals surface area contributed by atoms with Crippen molar-refractivity contribution < 1.29 is 18.8 Å². The van der Waals surface area contributed by atoms with Crippen LogP contribution in [0.5, 0.6) is 11.6 Å². The van der Waals surface area contributed by atoms with E-state index in [1.165, 1.54) is 0 Å². The monoisotopic (exact) mass is 383 g/mol. The van der Waals surface area contributed by atoms with Crippen molar-refractivity contribution in [3.8, 4) is 11.6 Å². The molecule has 0 N–H and O–H groups in total. The first kappa shape index (κ1) is 20.7. The topological polar surface area (TPSA) is 49.8 Å². The van der Waals surface area contributed by atoms with Crippen molar-refractivity contribution >= 4 is 12.6 Å². The molecular weight excluding hydrogens is 353 g/mol. The number of rotatable bonds is 7. The van der Waals surface area contributed by atoms with Crippen LogP contribution in [0.4, 0.5) is 0 Å². The van der Waals surface area contributed by atoms with Gasteiger partial charge in [-0.15, -0.1) is 0 Å². The number of hydrogen-bond donors (Lipinski definition) is 0. The van der Waals surface area contributed by atoms with Crippen molar-refractivity contribution in [3.63, 3.8) is 0 Å². The highest BCUT2D eigenvalue weighted by Crippen LogP contribution is 2.37. The minimum atomic E-state index is -0.484. The van der Waals surface area contributed by atoms with Gasteiger partial charge >= 0.3 is 7.12 Å². The van der Waals surface area contributed by atoms with Gasteiger partial charge < -0.3 is 18.8 Å². The van der Waals surface area contributed by atoms with Gasteiger partial charge in [-0.25, -0.2) is 4.98 Å². The highest BCUT2D eigenvalue weighted by Gasteiger charge is 2.52. The van der Waals surface area contributed by atoms with Crippen molar-refractivity contribution in [1.29, 1.82) is 0 Å². The van der Waals surface area contributed by atoms with Gasteiger partial charge in [0.25, 0.3) is 5.88 Å². The predicted molar refractivity (Wildman–Crippen MR) is 111 cm³/mol. The number of benzene rings is 1. The van der Waals surface area contributed by atoms with Crippen LogP contribution in [0.2, 0.25) is 0 Å². The second-order valence-corrected chi connectivity index (χ2v) is 8.64. The average molecular weight is 383 g/mol. The van der Waals surface area contributed by atoms with Gasteiger partial charge in [-0.05, 0) is 45.2 Å². The second-order valence-electron chi connectivity index (χ2n) is 8.64. The van der Waals surface area contributed by atoms with Crippen molar-refractivity contribution in [2.45, 2.75) is 59.4 Å². The van der Waals surface area contributed by atoms with Crippen LogP contribution in [0, 0.1) is 5.92 Å². The molecule has 2 heterocycles. The van der Waals surface area contributed by atoms with E-state index in [4.69, 9.17) is 18.8 Å². The molecule has 28 heavy (non-hydrogen) atoms. The Morgan fingerprint density at radius 3 is 2.25 bits per heavy atom. The number of nitrogens with zero attached hydrogens (tertiary/aromatic N) is 1. The predicted octanol–water partition coefficient (Wildman–Crippen LogP) is 3.99. The van der Waals surface area contributed by atoms with Crippen LogP contribution in [0.25, 0.3) is 0 Å². The van der Waals surface area contributed by atoms with Crippen molar-refractivity contribution in [2.75, 3.05) is 6.61 Å². The summed E-state index contributed by atoms with van der Waals surface area (Å²) in [6.07, 6.45) is 1.74. The minimum Gasteiger partial charge on any atom is -0.488 e. The molecule has 0 aliphatic carbocycles. The lowest BCUT2D eigenvalue weighted by molar-refractivity contribution is 0.00578. The first-order valence-electron chi connectivity index (χ1n) is 9.83. The fourth-order valence-corrected chi connectivity index (χ4v) is 2.75. The third-order valence-corrected chi connectivity index (χ3v) is 5.16. The Balaban J connectivity index is 1.81. The van der Waals surface area contributed by atoms with Crippen molar-refractivity contribution in [3.05, 3.63) is 48.2 Å². The first-order valence-corrected chi connectivity index (χ1v) is 9.83. The molecule has 1 aliphatic heterocycles. The molecule has 0 unspecified atom stereocenters. The summed E-state index contributed by atoms with van der Waals surface area (Å²) in [4.78, 5) is 4.50. The van der Waals surface area contributed by atoms with E-state index in [0.717, 1.165) is 11.0 Å². The zero-order valence-electron chi connectivity index (χ0n) is 17.7. The van der Waals surface area contributed by atoms with Crippen LogP contribution < -0.4 is 14.9 Å². The maximum Gasteiger partial charge on any atom is 0.496 e. The molecular formula is C22H30BNO4. The number of ether oxygens (including phenoxy) is 2. The van der Waals surface area contributed by atoms with E-state index in [2.05, 4.69) is 18.8 Å². The zero-order valence-corrected chi connectivity index (χ0v) is 17.7. The van der Waals surface area contributed by atoms with Gasteiger partial charge in [-0.1, -0.05) is 44.2 Å². The first-order chi connectivity index (χ1) is 13.2. The Bertz CT molecular complexity index is 776. The van der Waals surface area contributed by atoms with E-state index in [-0.39, 0.29) is 0 Å². The lowest BCUT2D eigenvalue weighted by atomic mass is 9.80. The van der Waals surface area contributed by atoms with E-state index < -0.39 is 18.3 Å². The van der Waals surface area contributed by atoms with Gasteiger partial charge in [-0.3, -0.25) is 0 Å². The van der Waals surface area contributed by atoms with Crippen molar-refractivity contribution in [1.82, 2.24) is 4.98 Å². The molecule has 1 fully saturated rings. The van der Waals surface area contributed by atoms with Gasteiger partial charge in [-0.2, -0.15) is 0 Å². The van der Waals surface area contributed by atoms with E-state index >= 15 is 0 Å². The highest BCUT2D eigenvalue weighted by atomic mass is 16.7. The molecule has 1 saturated heterocycles. The summed E-state index contributed by atoms with van der Waals surface area (Å²) in [6.45, 7) is 13.4. The third-order valence-electron chi connectivity index (χ3n) is 5.16. The van der Waals surface area contributed by atoms with Crippen LogP contribution in [0.15, 0.2) is 42.6 Å². The van der Waals surface area contributed by atoms with Gasteiger partial charge in [0.1, 0.15) is 6.61 Å².